The van der Waals surface area contributed by atoms with Gasteiger partial charge in [0.15, 0.2) is 5.69 Å². The normalized spacial score (nSPS) is 16.2. The van der Waals surface area contributed by atoms with E-state index in [2.05, 4.69) is 27.4 Å². The molecule has 3 aromatic rings. The molecule has 4 rings (SSSR count). The zero-order chi connectivity index (χ0) is 20.5. The highest BCUT2D eigenvalue weighted by atomic mass is 32.1. The van der Waals surface area contributed by atoms with Gasteiger partial charge in [-0.2, -0.15) is 5.10 Å². The molecule has 1 atom stereocenters. The minimum absolute atomic E-state index is 0.0582. The Balaban J connectivity index is 1.50. The minimum Gasteiger partial charge on any atom is -0.467 e. The Labute approximate surface area is 174 Å². The van der Waals surface area contributed by atoms with Gasteiger partial charge in [0.25, 0.3) is 5.91 Å². The summed E-state index contributed by atoms with van der Waals surface area (Å²) in [6, 6.07) is 4.08. The molecule has 29 heavy (non-hydrogen) atoms. The third kappa shape index (κ3) is 4.13. The molecule has 0 saturated heterocycles. The SMILES string of the molecule is Cc1csc(CN(C)[C@@H]2CCc3c(c(C(=O)N(C)Cc4ccco4)nn3C)C2)n1. The first-order valence-electron chi connectivity index (χ1n) is 9.86. The van der Waals surface area contributed by atoms with Crippen molar-refractivity contribution in [3.05, 3.63) is 57.2 Å². The van der Waals surface area contributed by atoms with Crippen LogP contribution < -0.4 is 0 Å². The number of aryl methyl sites for hydroxylation is 2. The molecule has 0 aliphatic heterocycles. The van der Waals surface area contributed by atoms with Gasteiger partial charge in [0.1, 0.15) is 10.8 Å². The van der Waals surface area contributed by atoms with E-state index in [4.69, 9.17) is 4.42 Å². The molecular formula is C21H27N5O2S. The summed E-state index contributed by atoms with van der Waals surface area (Å²) in [7, 11) is 5.88. The molecule has 0 aromatic carbocycles. The van der Waals surface area contributed by atoms with Crippen LogP contribution in [0.5, 0.6) is 0 Å². The number of thiazole rings is 1. The topological polar surface area (TPSA) is 67.4 Å². The molecule has 8 heteroatoms. The summed E-state index contributed by atoms with van der Waals surface area (Å²) in [5.74, 6) is 0.708. The van der Waals surface area contributed by atoms with Crippen molar-refractivity contribution in [1.82, 2.24) is 24.6 Å². The molecule has 0 N–H and O–H groups in total. The second-order valence-corrected chi connectivity index (χ2v) is 8.78. The van der Waals surface area contributed by atoms with E-state index in [1.807, 2.05) is 30.8 Å². The molecule has 0 saturated carbocycles. The first kappa shape index (κ1) is 19.8. The molecule has 3 heterocycles. The molecule has 0 bridgehead atoms. The van der Waals surface area contributed by atoms with E-state index in [0.717, 1.165) is 47.8 Å². The standard InChI is InChI=1S/C21H27N5O2S/c1-14-13-29-19(22-14)12-24(2)15-7-8-18-17(10-15)20(23-26(18)4)21(27)25(3)11-16-6-5-9-28-16/h5-6,9,13,15H,7-8,10-12H2,1-4H3/t15-/m1/s1. The van der Waals surface area contributed by atoms with Crippen LogP contribution in [0.1, 0.15) is 44.6 Å². The van der Waals surface area contributed by atoms with E-state index in [1.54, 1.807) is 29.5 Å². The maximum atomic E-state index is 13.1. The van der Waals surface area contributed by atoms with Crippen LogP contribution in [0.2, 0.25) is 0 Å². The van der Waals surface area contributed by atoms with E-state index in [9.17, 15) is 4.79 Å². The van der Waals surface area contributed by atoms with Crippen LogP contribution >= 0.6 is 11.3 Å². The number of rotatable bonds is 6. The van der Waals surface area contributed by atoms with Gasteiger partial charge in [0, 0.05) is 42.5 Å². The number of aromatic nitrogens is 3. The van der Waals surface area contributed by atoms with Gasteiger partial charge in [-0.1, -0.05) is 0 Å². The number of nitrogens with zero attached hydrogens (tertiary/aromatic N) is 5. The number of fused-ring (bicyclic) bond motifs is 1. The van der Waals surface area contributed by atoms with Crippen molar-refractivity contribution >= 4 is 17.2 Å². The van der Waals surface area contributed by atoms with Gasteiger partial charge in [-0.3, -0.25) is 14.4 Å². The highest BCUT2D eigenvalue weighted by molar-refractivity contribution is 7.09. The second-order valence-electron chi connectivity index (χ2n) is 7.83. The molecule has 0 spiro atoms. The summed E-state index contributed by atoms with van der Waals surface area (Å²) in [6.07, 6.45) is 4.45. The van der Waals surface area contributed by atoms with Gasteiger partial charge in [0.2, 0.25) is 0 Å². The third-order valence-electron chi connectivity index (χ3n) is 5.63. The molecular weight excluding hydrogens is 386 g/mol. The average Bonchev–Trinajstić information content (AvgIpc) is 3.42. The zero-order valence-electron chi connectivity index (χ0n) is 17.4. The largest absolute Gasteiger partial charge is 0.467 e. The Bertz CT molecular complexity index is 991. The van der Waals surface area contributed by atoms with E-state index < -0.39 is 0 Å². The molecule has 154 valence electrons. The first-order valence-corrected chi connectivity index (χ1v) is 10.7. The Morgan fingerprint density at radius 2 is 2.21 bits per heavy atom. The number of carbonyl (C=O) groups excluding carboxylic acids is 1. The van der Waals surface area contributed by atoms with Crippen molar-refractivity contribution in [3.8, 4) is 0 Å². The quantitative estimate of drug-likeness (QED) is 0.621. The van der Waals surface area contributed by atoms with E-state index >= 15 is 0 Å². The van der Waals surface area contributed by atoms with Crippen LogP contribution in [0.3, 0.4) is 0 Å². The minimum atomic E-state index is -0.0582. The third-order valence-corrected chi connectivity index (χ3v) is 6.58. The number of carbonyl (C=O) groups is 1. The Kier molecular flexibility index (Phi) is 5.56. The molecule has 0 unspecified atom stereocenters. The lowest BCUT2D eigenvalue weighted by Gasteiger charge is -2.31. The smallest absolute Gasteiger partial charge is 0.274 e. The van der Waals surface area contributed by atoms with Crippen molar-refractivity contribution in [2.75, 3.05) is 14.1 Å². The Morgan fingerprint density at radius 1 is 1.38 bits per heavy atom. The highest BCUT2D eigenvalue weighted by Gasteiger charge is 2.31. The van der Waals surface area contributed by atoms with Gasteiger partial charge in [-0.25, -0.2) is 4.98 Å². The maximum Gasteiger partial charge on any atom is 0.274 e. The van der Waals surface area contributed by atoms with E-state index in [-0.39, 0.29) is 5.91 Å². The summed E-state index contributed by atoms with van der Waals surface area (Å²) in [4.78, 5) is 21.7. The van der Waals surface area contributed by atoms with Crippen LogP contribution in [-0.2, 0) is 33.0 Å². The van der Waals surface area contributed by atoms with Crippen LogP contribution in [-0.4, -0.2) is 50.6 Å². The fourth-order valence-electron chi connectivity index (χ4n) is 4.03. The molecule has 0 fully saturated rings. The lowest BCUT2D eigenvalue weighted by Crippen LogP contribution is -2.37. The fraction of sp³-hybridized carbons (Fsp3) is 0.476. The van der Waals surface area contributed by atoms with Crippen LogP contribution in [0.15, 0.2) is 28.2 Å². The van der Waals surface area contributed by atoms with E-state index in [1.165, 1.54) is 5.69 Å². The maximum absolute atomic E-state index is 13.1. The lowest BCUT2D eigenvalue weighted by molar-refractivity contribution is 0.0767. The van der Waals surface area contributed by atoms with Crippen molar-refractivity contribution in [1.29, 1.82) is 0 Å². The molecule has 1 aliphatic rings. The zero-order valence-corrected chi connectivity index (χ0v) is 18.2. The summed E-state index contributed by atoms with van der Waals surface area (Å²) < 4.78 is 7.26. The van der Waals surface area contributed by atoms with Gasteiger partial charge in [-0.15, -0.1) is 11.3 Å². The molecule has 7 nitrogen and oxygen atoms in total. The Morgan fingerprint density at radius 3 is 2.90 bits per heavy atom. The summed E-state index contributed by atoms with van der Waals surface area (Å²) in [5, 5.41) is 7.82. The van der Waals surface area contributed by atoms with Crippen molar-refractivity contribution in [2.45, 2.75) is 45.3 Å². The number of likely N-dealkylation sites (N-methyl/N-ethyl adjacent to an activating group) is 1. The summed E-state index contributed by atoms with van der Waals surface area (Å²) in [6.45, 7) is 3.30. The lowest BCUT2D eigenvalue weighted by atomic mass is 9.90. The van der Waals surface area contributed by atoms with Crippen molar-refractivity contribution in [3.63, 3.8) is 0 Å². The van der Waals surface area contributed by atoms with Crippen molar-refractivity contribution < 1.29 is 9.21 Å². The molecule has 1 aliphatic carbocycles. The fourth-order valence-corrected chi connectivity index (χ4v) is 4.86. The first-order chi connectivity index (χ1) is 13.9. The van der Waals surface area contributed by atoms with E-state index in [0.29, 0.717) is 18.3 Å². The average molecular weight is 414 g/mol. The number of amides is 1. The van der Waals surface area contributed by atoms with Gasteiger partial charge >= 0.3 is 0 Å². The van der Waals surface area contributed by atoms with Crippen molar-refractivity contribution in [2.24, 2.45) is 7.05 Å². The molecule has 0 radical (unpaired) electrons. The van der Waals surface area contributed by atoms with Gasteiger partial charge in [0.05, 0.1) is 19.4 Å². The van der Waals surface area contributed by atoms with Gasteiger partial charge < -0.3 is 9.32 Å². The van der Waals surface area contributed by atoms with Crippen LogP contribution in [0, 0.1) is 6.92 Å². The number of hydrogen-bond donors (Lipinski definition) is 0. The summed E-state index contributed by atoms with van der Waals surface area (Å²) >= 11 is 1.71. The van der Waals surface area contributed by atoms with Crippen LogP contribution in [0.4, 0.5) is 0 Å². The van der Waals surface area contributed by atoms with Gasteiger partial charge in [-0.05, 0) is 45.4 Å². The number of furan rings is 1. The monoisotopic (exact) mass is 413 g/mol. The highest BCUT2D eigenvalue weighted by Crippen LogP contribution is 2.28. The number of hydrogen-bond acceptors (Lipinski definition) is 6. The Hall–Kier alpha value is -2.45. The predicted molar refractivity (Wildman–Crippen MR) is 112 cm³/mol. The predicted octanol–water partition coefficient (Wildman–Crippen LogP) is 3.04. The molecule has 1 amide bonds. The summed E-state index contributed by atoms with van der Waals surface area (Å²) in [5.41, 5.74) is 3.90. The second kappa shape index (κ2) is 8.12. The van der Waals surface area contributed by atoms with Crippen LogP contribution in [0.25, 0.3) is 0 Å². The molecule has 3 aromatic heterocycles.